The number of benzene rings is 1. The van der Waals surface area contributed by atoms with Crippen molar-refractivity contribution in [1.29, 1.82) is 0 Å². The van der Waals surface area contributed by atoms with E-state index in [-0.39, 0.29) is 17.7 Å². The van der Waals surface area contributed by atoms with Gasteiger partial charge >= 0.3 is 0 Å². The molecule has 8 heteroatoms. The van der Waals surface area contributed by atoms with E-state index in [1.165, 1.54) is 0 Å². The number of hydrogen-bond acceptors (Lipinski definition) is 5. The van der Waals surface area contributed by atoms with Gasteiger partial charge < -0.3 is 11.5 Å². The van der Waals surface area contributed by atoms with Crippen LogP contribution in [-0.2, 0) is 0 Å². The third-order valence-electron chi connectivity index (χ3n) is 4.09. The maximum atomic E-state index is 14.8. The van der Waals surface area contributed by atoms with Crippen molar-refractivity contribution in [3.63, 3.8) is 0 Å². The molecule has 0 radical (unpaired) electrons. The molecule has 0 aromatic heterocycles. The number of halogens is 3. The molecule has 1 heterocycles. The van der Waals surface area contributed by atoms with Crippen molar-refractivity contribution in [3.05, 3.63) is 26.0 Å². The quantitative estimate of drug-likeness (QED) is 0.479. The van der Waals surface area contributed by atoms with Crippen LogP contribution in [0, 0.1) is 9.39 Å². The summed E-state index contributed by atoms with van der Waals surface area (Å²) in [5, 5.41) is 0. The van der Waals surface area contributed by atoms with Gasteiger partial charge in [0, 0.05) is 3.57 Å². The average molecular weight is 480 g/mol. The molecule has 1 aliphatic heterocycles. The highest BCUT2D eigenvalue weighted by Gasteiger charge is 2.44. The Morgan fingerprint density at radius 3 is 2.59 bits per heavy atom. The summed E-state index contributed by atoms with van der Waals surface area (Å²) in [7, 11) is 0. The van der Waals surface area contributed by atoms with E-state index in [9.17, 15) is 4.39 Å². The maximum absolute atomic E-state index is 14.8. The first kappa shape index (κ1) is 16.0. The van der Waals surface area contributed by atoms with Gasteiger partial charge in [-0.05, 0) is 76.3 Å². The lowest BCUT2D eigenvalue weighted by Crippen LogP contribution is -2.58. The van der Waals surface area contributed by atoms with E-state index in [1.54, 1.807) is 11.0 Å². The Morgan fingerprint density at radius 1 is 1.23 bits per heavy atom. The van der Waals surface area contributed by atoms with Crippen molar-refractivity contribution >= 4 is 56.1 Å². The smallest absolute Gasteiger partial charge is 0.220 e. The van der Waals surface area contributed by atoms with Crippen LogP contribution < -0.4 is 16.4 Å². The van der Waals surface area contributed by atoms with E-state index >= 15 is 0 Å². The maximum Gasteiger partial charge on any atom is 0.220 e. The summed E-state index contributed by atoms with van der Waals surface area (Å²) in [6.07, 6.45) is 4.72. The molecule has 4 N–H and O–H groups in total. The molecule has 1 aromatic rings. The van der Waals surface area contributed by atoms with Gasteiger partial charge in [-0.15, -0.1) is 0 Å². The van der Waals surface area contributed by atoms with Crippen molar-refractivity contribution in [1.82, 2.24) is 0 Å². The van der Waals surface area contributed by atoms with Crippen molar-refractivity contribution < 1.29 is 4.39 Å². The van der Waals surface area contributed by atoms with Gasteiger partial charge in [0.25, 0.3) is 0 Å². The van der Waals surface area contributed by atoms with Gasteiger partial charge in [-0.3, -0.25) is 4.90 Å². The highest BCUT2D eigenvalue weighted by molar-refractivity contribution is 14.1. The van der Waals surface area contributed by atoms with Gasteiger partial charge in [0.05, 0.1) is 10.2 Å². The lowest BCUT2D eigenvalue weighted by Gasteiger charge is -2.46. The summed E-state index contributed by atoms with van der Waals surface area (Å²) < 4.78 is 15.9. The topological polar surface area (TPSA) is 80.0 Å². The fourth-order valence-electron chi connectivity index (χ4n) is 3.17. The van der Waals surface area contributed by atoms with Gasteiger partial charge in [0.2, 0.25) is 11.9 Å². The van der Waals surface area contributed by atoms with Gasteiger partial charge in [-0.25, -0.2) is 9.38 Å². The first-order valence-electron chi connectivity index (χ1n) is 7.08. The van der Waals surface area contributed by atoms with E-state index in [2.05, 4.69) is 48.5 Å². The summed E-state index contributed by atoms with van der Waals surface area (Å²) >= 11 is 5.35. The fraction of sp³-hybridized carbons (Fsp3) is 0.429. The zero-order chi connectivity index (χ0) is 15.9. The summed E-state index contributed by atoms with van der Waals surface area (Å²) in [5.41, 5.74) is 11.7. The van der Waals surface area contributed by atoms with E-state index in [4.69, 9.17) is 11.5 Å². The third-order valence-corrected chi connectivity index (χ3v) is 5.58. The normalized spacial score (nSPS) is 20.8. The number of hydrogen-bond donors (Lipinski definition) is 2. The molecule has 0 atom stereocenters. The van der Waals surface area contributed by atoms with Crippen molar-refractivity contribution in [2.24, 2.45) is 21.5 Å². The molecule has 1 spiro atoms. The molecule has 1 saturated carbocycles. The number of anilines is 1. The average Bonchev–Trinajstić information content (AvgIpc) is 2.47. The molecule has 2 aliphatic rings. The Morgan fingerprint density at radius 2 is 1.91 bits per heavy atom. The molecule has 3 rings (SSSR count). The van der Waals surface area contributed by atoms with Crippen LogP contribution in [0.4, 0.5) is 10.1 Å². The van der Waals surface area contributed by atoms with Gasteiger partial charge in [-0.2, -0.15) is 4.99 Å². The highest BCUT2D eigenvalue weighted by Crippen LogP contribution is 2.42. The zero-order valence-electron chi connectivity index (χ0n) is 11.8. The van der Waals surface area contributed by atoms with E-state index in [0.717, 1.165) is 35.7 Å². The van der Waals surface area contributed by atoms with Gasteiger partial charge in [-0.1, -0.05) is 6.42 Å². The molecule has 1 fully saturated rings. The number of nitrogens with zero attached hydrogens (tertiary/aromatic N) is 3. The van der Waals surface area contributed by atoms with Crippen LogP contribution in [0.25, 0.3) is 0 Å². The Bertz CT molecular complexity index is 669. The Hall–Kier alpha value is -0.900. The van der Waals surface area contributed by atoms with E-state index in [1.807, 2.05) is 6.07 Å². The Balaban J connectivity index is 2.19. The minimum absolute atomic E-state index is 0.168. The van der Waals surface area contributed by atoms with Crippen molar-refractivity contribution in [2.45, 2.75) is 37.8 Å². The fourth-order valence-corrected chi connectivity index (χ4v) is 4.14. The van der Waals surface area contributed by atoms with E-state index in [0.29, 0.717) is 10.2 Å². The molecular weight excluding hydrogens is 464 g/mol. The predicted octanol–water partition coefficient (Wildman–Crippen LogP) is 3.30. The Labute approximate surface area is 150 Å². The standard InChI is InChI=1S/C14H16BrFIN5/c15-8-4-5-9(17)11(10(8)16)22-13(19)20-12(18)21-14(22)6-2-1-3-7-14/h4-5H,1-3,6-7H2,(H4,18,19,20,21). The van der Waals surface area contributed by atoms with Crippen LogP contribution in [0.1, 0.15) is 32.1 Å². The summed E-state index contributed by atoms with van der Waals surface area (Å²) in [4.78, 5) is 10.4. The Kier molecular flexibility index (Phi) is 4.32. The molecule has 0 saturated heterocycles. The minimum Gasteiger partial charge on any atom is -0.369 e. The number of rotatable bonds is 1. The van der Waals surface area contributed by atoms with Crippen LogP contribution in [0.5, 0.6) is 0 Å². The largest absolute Gasteiger partial charge is 0.369 e. The number of aliphatic imine (C=N–C) groups is 2. The summed E-state index contributed by atoms with van der Waals surface area (Å²) in [6, 6.07) is 3.53. The first-order chi connectivity index (χ1) is 10.4. The minimum atomic E-state index is -0.629. The predicted molar refractivity (Wildman–Crippen MR) is 98.4 cm³/mol. The molecule has 0 bridgehead atoms. The molecule has 1 aromatic carbocycles. The molecule has 5 nitrogen and oxygen atoms in total. The van der Waals surface area contributed by atoms with Crippen molar-refractivity contribution in [3.8, 4) is 0 Å². The molecular formula is C14H16BrFIN5. The molecule has 0 amide bonds. The lowest BCUT2D eigenvalue weighted by molar-refractivity contribution is 0.303. The van der Waals surface area contributed by atoms with Crippen LogP contribution in [0.3, 0.4) is 0 Å². The third kappa shape index (κ3) is 2.60. The van der Waals surface area contributed by atoms with Gasteiger partial charge in [0.15, 0.2) is 5.82 Å². The summed E-state index contributed by atoms with van der Waals surface area (Å²) in [6.45, 7) is 0. The second kappa shape index (κ2) is 5.95. The first-order valence-corrected chi connectivity index (χ1v) is 8.95. The van der Waals surface area contributed by atoms with E-state index < -0.39 is 5.66 Å². The molecule has 118 valence electrons. The van der Waals surface area contributed by atoms with Crippen LogP contribution in [0.2, 0.25) is 0 Å². The molecule has 1 aliphatic carbocycles. The number of nitrogens with two attached hydrogens (primary N) is 2. The monoisotopic (exact) mass is 479 g/mol. The lowest BCUT2D eigenvalue weighted by atomic mass is 9.87. The van der Waals surface area contributed by atoms with Crippen LogP contribution >= 0.6 is 38.5 Å². The highest BCUT2D eigenvalue weighted by atomic mass is 127. The zero-order valence-corrected chi connectivity index (χ0v) is 15.6. The van der Waals surface area contributed by atoms with Gasteiger partial charge in [0.1, 0.15) is 5.66 Å². The second-order valence-corrected chi connectivity index (χ2v) is 7.53. The SMILES string of the molecule is NC1=NC2(CCCCC2)N(c2c(I)ccc(Br)c2F)C(N)=N1. The van der Waals surface area contributed by atoms with Crippen LogP contribution in [-0.4, -0.2) is 17.6 Å². The number of guanidine groups is 2. The van der Waals surface area contributed by atoms with Crippen LogP contribution in [0.15, 0.2) is 26.6 Å². The molecule has 22 heavy (non-hydrogen) atoms. The molecule has 0 unspecified atom stereocenters. The summed E-state index contributed by atoms with van der Waals surface area (Å²) in [5.74, 6) is 0.0102. The van der Waals surface area contributed by atoms with Crippen molar-refractivity contribution in [2.75, 3.05) is 4.90 Å². The second-order valence-electron chi connectivity index (χ2n) is 5.51.